The van der Waals surface area contributed by atoms with Crippen LogP contribution in [-0.2, 0) is 13.1 Å². The maximum Gasteiger partial charge on any atom is 0.0662 e. The first kappa shape index (κ1) is 16.5. The molecule has 0 spiro atoms. The number of aliphatic hydroxyl groups is 1. The van der Waals surface area contributed by atoms with Crippen LogP contribution >= 0.6 is 11.6 Å². The number of hydrogen-bond acceptors (Lipinski definition) is 3. The highest BCUT2D eigenvalue weighted by atomic mass is 35.5. The van der Waals surface area contributed by atoms with Gasteiger partial charge in [-0.3, -0.25) is 4.68 Å². The number of halogens is 1. The predicted molar refractivity (Wildman–Crippen MR) is 92.7 cm³/mol. The quantitative estimate of drug-likeness (QED) is 0.818. The van der Waals surface area contributed by atoms with Crippen LogP contribution in [0.1, 0.15) is 35.4 Å². The van der Waals surface area contributed by atoms with Gasteiger partial charge in [-0.1, -0.05) is 23.7 Å². The normalized spacial score (nSPS) is 15.8. The van der Waals surface area contributed by atoms with Crippen LogP contribution in [0, 0.1) is 19.3 Å². The smallest absolute Gasteiger partial charge is 0.0662 e. The Hall–Kier alpha value is -1.36. The molecule has 3 rings (SSSR count). The zero-order valence-electron chi connectivity index (χ0n) is 13.8. The summed E-state index contributed by atoms with van der Waals surface area (Å²) in [4.78, 5) is 0. The molecule has 1 saturated carbocycles. The van der Waals surface area contributed by atoms with Gasteiger partial charge in [-0.25, -0.2) is 0 Å². The van der Waals surface area contributed by atoms with Crippen molar-refractivity contribution in [3.63, 3.8) is 0 Å². The SMILES string of the molecule is Cc1nn(Cc2ccc(Cl)cc2)c(C)c1CNCC1(CO)CC1. The van der Waals surface area contributed by atoms with Crippen LogP contribution in [0.4, 0.5) is 0 Å². The number of nitrogens with one attached hydrogen (secondary N) is 1. The van der Waals surface area contributed by atoms with Crippen LogP contribution in [0.3, 0.4) is 0 Å². The maximum atomic E-state index is 9.38. The Morgan fingerprint density at radius 1 is 1.26 bits per heavy atom. The largest absolute Gasteiger partial charge is 0.396 e. The van der Waals surface area contributed by atoms with E-state index < -0.39 is 0 Å². The van der Waals surface area contributed by atoms with E-state index in [0.29, 0.717) is 0 Å². The lowest BCUT2D eigenvalue weighted by Crippen LogP contribution is -2.26. The van der Waals surface area contributed by atoms with Crippen molar-refractivity contribution >= 4 is 11.6 Å². The monoisotopic (exact) mass is 333 g/mol. The summed E-state index contributed by atoms with van der Waals surface area (Å²) in [5.74, 6) is 0. The molecule has 1 aromatic carbocycles. The first-order valence-electron chi connectivity index (χ1n) is 8.12. The minimum Gasteiger partial charge on any atom is -0.396 e. The van der Waals surface area contributed by atoms with Crippen LogP contribution in [0.5, 0.6) is 0 Å². The van der Waals surface area contributed by atoms with Gasteiger partial charge in [0.25, 0.3) is 0 Å². The summed E-state index contributed by atoms with van der Waals surface area (Å²) in [6.45, 7) is 6.90. The molecule has 0 radical (unpaired) electrons. The number of rotatable bonds is 7. The fourth-order valence-corrected chi connectivity index (χ4v) is 3.05. The topological polar surface area (TPSA) is 50.1 Å². The zero-order valence-corrected chi connectivity index (χ0v) is 14.5. The van der Waals surface area contributed by atoms with Gasteiger partial charge in [0, 0.05) is 41.4 Å². The van der Waals surface area contributed by atoms with Crippen molar-refractivity contribution in [3.05, 3.63) is 51.8 Å². The van der Waals surface area contributed by atoms with Gasteiger partial charge < -0.3 is 10.4 Å². The van der Waals surface area contributed by atoms with Crippen molar-refractivity contribution in [2.75, 3.05) is 13.2 Å². The number of hydrogen-bond donors (Lipinski definition) is 2. The van der Waals surface area contributed by atoms with Crippen molar-refractivity contribution in [3.8, 4) is 0 Å². The van der Waals surface area contributed by atoms with Crippen molar-refractivity contribution in [2.45, 2.75) is 39.8 Å². The lowest BCUT2D eigenvalue weighted by Gasteiger charge is -2.13. The first-order chi connectivity index (χ1) is 11.0. The third-order valence-corrected chi connectivity index (χ3v) is 5.12. The Labute approximate surface area is 142 Å². The second-order valence-electron chi connectivity index (χ2n) is 6.70. The van der Waals surface area contributed by atoms with Crippen LogP contribution in [0.25, 0.3) is 0 Å². The van der Waals surface area contributed by atoms with Crippen LogP contribution in [0.15, 0.2) is 24.3 Å². The lowest BCUT2D eigenvalue weighted by molar-refractivity contribution is 0.207. The highest BCUT2D eigenvalue weighted by Gasteiger charge is 2.41. The summed E-state index contributed by atoms with van der Waals surface area (Å²) in [5, 5.41) is 18.3. The summed E-state index contributed by atoms with van der Waals surface area (Å²) in [5.41, 5.74) is 4.85. The van der Waals surface area contributed by atoms with Gasteiger partial charge >= 0.3 is 0 Å². The Kier molecular flexibility index (Phi) is 4.76. The van der Waals surface area contributed by atoms with E-state index in [1.54, 1.807) is 0 Å². The highest BCUT2D eigenvalue weighted by molar-refractivity contribution is 6.30. The molecule has 1 aliphatic carbocycles. The third-order valence-electron chi connectivity index (χ3n) is 4.87. The fourth-order valence-electron chi connectivity index (χ4n) is 2.93. The van der Waals surface area contributed by atoms with Crippen molar-refractivity contribution in [1.29, 1.82) is 0 Å². The average molecular weight is 334 g/mol. The van der Waals surface area contributed by atoms with Crippen molar-refractivity contribution in [2.24, 2.45) is 5.41 Å². The summed E-state index contributed by atoms with van der Waals surface area (Å²) >= 11 is 5.94. The molecule has 0 unspecified atom stereocenters. The van der Waals surface area contributed by atoms with E-state index in [1.165, 1.54) is 16.8 Å². The van der Waals surface area contributed by atoms with Gasteiger partial charge in [-0.05, 0) is 44.4 Å². The summed E-state index contributed by atoms with van der Waals surface area (Å²) in [6.07, 6.45) is 2.26. The minimum atomic E-state index is 0.140. The molecule has 0 aliphatic heterocycles. The van der Waals surface area contributed by atoms with E-state index in [1.807, 2.05) is 24.3 Å². The molecule has 0 amide bonds. The van der Waals surface area contributed by atoms with Crippen molar-refractivity contribution in [1.82, 2.24) is 15.1 Å². The van der Waals surface area contributed by atoms with Crippen molar-refractivity contribution < 1.29 is 5.11 Å². The fraction of sp³-hybridized carbons (Fsp3) is 0.500. The van der Waals surface area contributed by atoms with Gasteiger partial charge in [0.15, 0.2) is 0 Å². The molecular weight excluding hydrogens is 310 g/mol. The summed E-state index contributed by atoms with van der Waals surface area (Å²) in [7, 11) is 0. The van der Waals surface area contributed by atoms with Gasteiger partial charge in [0.05, 0.1) is 12.2 Å². The molecule has 2 aromatic rings. The Balaban J connectivity index is 1.65. The first-order valence-corrected chi connectivity index (χ1v) is 8.50. The zero-order chi connectivity index (χ0) is 16.4. The van der Waals surface area contributed by atoms with E-state index in [-0.39, 0.29) is 12.0 Å². The van der Waals surface area contributed by atoms with E-state index in [2.05, 4.69) is 28.9 Å². The van der Waals surface area contributed by atoms with Crippen LogP contribution in [-0.4, -0.2) is 28.0 Å². The van der Waals surface area contributed by atoms with Gasteiger partial charge in [0.1, 0.15) is 0 Å². The number of nitrogens with zero attached hydrogens (tertiary/aromatic N) is 2. The number of benzene rings is 1. The van der Waals surface area contributed by atoms with E-state index in [4.69, 9.17) is 11.6 Å². The van der Waals surface area contributed by atoms with Gasteiger partial charge in [-0.15, -0.1) is 0 Å². The standard InChI is InChI=1S/C18H24ClN3O/c1-13-17(9-20-11-18(12-23)7-8-18)14(2)22(21-13)10-15-3-5-16(19)6-4-15/h3-6,20,23H,7-12H2,1-2H3. The molecule has 4 nitrogen and oxygen atoms in total. The number of aromatic nitrogens is 2. The second-order valence-corrected chi connectivity index (χ2v) is 7.13. The second kappa shape index (κ2) is 6.63. The summed E-state index contributed by atoms with van der Waals surface area (Å²) < 4.78 is 2.05. The molecule has 1 heterocycles. The van der Waals surface area contributed by atoms with Gasteiger partial charge in [0.2, 0.25) is 0 Å². The minimum absolute atomic E-state index is 0.140. The lowest BCUT2D eigenvalue weighted by atomic mass is 10.1. The molecular formula is C18H24ClN3O. The molecule has 2 N–H and O–H groups in total. The average Bonchev–Trinajstić information content (AvgIpc) is 3.27. The molecule has 0 saturated heterocycles. The third kappa shape index (κ3) is 3.77. The molecule has 23 heavy (non-hydrogen) atoms. The molecule has 1 aromatic heterocycles. The number of aryl methyl sites for hydroxylation is 1. The maximum absolute atomic E-state index is 9.38. The molecule has 0 atom stereocenters. The Bertz CT molecular complexity index is 674. The highest BCUT2D eigenvalue weighted by Crippen LogP contribution is 2.44. The molecule has 1 aliphatic rings. The van der Waals surface area contributed by atoms with E-state index >= 15 is 0 Å². The molecule has 1 fully saturated rings. The Morgan fingerprint density at radius 3 is 2.57 bits per heavy atom. The molecule has 124 valence electrons. The van der Waals surface area contributed by atoms with Gasteiger partial charge in [-0.2, -0.15) is 5.10 Å². The van der Waals surface area contributed by atoms with E-state index in [0.717, 1.165) is 43.2 Å². The number of aliphatic hydroxyl groups excluding tert-OH is 1. The molecule has 0 bridgehead atoms. The van der Waals surface area contributed by atoms with Crippen LogP contribution < -0.4 is 5.32 Å². The van der Waals surface area contributed by atoms with E-state index in [9.17, 15) is 5.11 Å². The summed E-state index contributed by atoms with van der Waals surface area (Å²) in [6, 6.07) is 7.90. The predicted octanol–water partition coefficient (Wildman–Crippen LogP) is 3.06. The van der Waals surface area contributed by atoms with Crippen LogP contribution in [0.2, 0.25) is 5.02 Å². The molecule has 5 heteroatoms. The Morgan fingerprint density at radius 2 is 1.96 bits per heavy atom.